The molecule has 0 saturated carbocycles. The van der Waals surface area contributed by atoms with Gasteiger partial charge in [0.05, 0.1) is 17.8 Å². The predicted molar refractivity (Wildman–Crippen MR) is 115 cm³/mol. The number of amides is 1. The number of para-hydroxylation sites is 1. The fourth-order valence-corrected chi connectivity index (χ4v) is 3.46. The number of hydrogen-bond acceptors (Lipinski definition) is 5. The molecular weight excluding hydrogens is 425 g/mol. The molecule has 8 heteroatoms. The largest absolute Gasteiger partial charge is 0.495 e. The minimum absolute atomic E-state index is 0.102. The molecule has 4 rings (SSSR count). The fraction of sp³-hybridized carbons (Fsp3) is 0.130. The number of carbonyl (C=O) groups excluding carboxylic acids is 2. The number of ether oxygens (including phenoxy) is 2. The first-order valence-corrected chi connectivity index (χ1v) is 9.72. The zero-order valence-electron chi connectivity index (χ0n) is 16.6. The average molecular weight is 442 g/mol. The molecule has 6 nitrogen and oxygen atoms in total. The van der Waals surface area contributed by atoms with Crippen LogP contribution < -0.4 is 10.1 Å². The molecule has 0 radical (unpaired) electrons. The number of esters is 1. The lowest BCUT2D eigenvalue weighted by molar-refractivity contribution is -0.123. The number of halogens is 2. The molecule has 0 saturated heterocycles. The molecule has 0 aliphatic heterocycles. The van der Waals surface area contributed by atoms with E-state index in [0.717, 1.165) is 16.8 Å². The van der Waals surface area contributed by atoms with Crippen molar-refractivity contribution in [2.24, 2.45) is 0 Å². The Kier molecular flexibility index (Phi) is 5.52. The van der Waals surface area contributed by atoms with Crippen molar-refractivity contribution in [3.8, 4) is 5.75 Å². The molecule has 4 aromatic rings. The van der Waals surface area contributed by atoms with E-state index in [1.807, 2.05) is 24.3 Å². The van der Waals surface area contributed by atoms with Gasteiger partial charge in [0.1, 0.15) is 28.3 Å². The average Bonchev–Trinajstić information content (AvgIpc) is 3.10. The van der Waals surface area contributed by atoms with Gasteiger partial charge >= 0.3 is 5.97 Å². The number of hydrogen-bond donors (Lipinski definition) is 1. The van der Waals surface area contributed by atoms with Gasteiger partial charge in [0.25, 0.3) is 5.91 Å². The molecule has 158 valence electrons. The summed E-state index contributed by atoms with van der Waals surface area (Å²) in [6.45, 7) is 1.37. The highest BCUT2D eigenvalue weighted by Gasteiger charge is 2.24. The van der Waals surface area contributed by atoms with Crippen LogP contribution >= 0.6 is 11.6 Å². The lowest BCUT2D eigenvalue weighted by Crippen LogP contribution is -2.30. The molecular formula is C23H17ClFNO5. The van der Waals surface area contributed by atoms with Gasteiger partial charge in [-0.2, -0.15) is 0 Å². The van der Waals surface area contributed by atoms with Gasteiger partial charge < -0.3 is 19.2 Å². The monoisotopic (exact) mass is 441 g/mol. The lowest BCUT2D eigenvalue weighted by Gasteiger charge is -2.16. The molecule has 1 atom stereocenters. The van der Waals surface area contributed by atoms with Crippen molar-refractivity contribution in [1.82, 2.24) is 0 Å². The van der Waals surface area contributed by atoms with Gasteiger partial charge in [-0.15, -0.1) is 0 Å². The van der Waals surface area contributed by atoms with E-state index in [0.29, 0.717) is 22.6 Å². The maximum absolute atomic E-state index is 13.9. The third-order valence-corrected chi connectivity index (χ3v) is 5.09. The van der Waals surface area contributed by atoms with Gasteiger partial charge in [-0.25, -0.2) is 9.18 Å². The normalized spacial score (nSPS) is 12.0. The van der Waals surface area contributed by atoms with Crippen molar-refractivity contribution in [1.29, 1.82) is 0 Å². The molecule has 0 aliphatic carbocycles. The van der Waals surface area contributed by atoms with Crippen molar-refractivity contribution in [3.63, 3.8) is 0 Å². The summed E-state index contributed by atoms with van der Waals surface area (Å²) in [5.74, 6) is -2.09. The van der Waals surface area contributed by atoms with E-state index in [9.17, 15) is 14.0 Å². The van der Waals surface area contributed by atoms with Crippen molar-refractivity contribution < 1.29 is 27.9 Å². The molecule has 0 aliphatic rings. The van der Waals surface area contributed by atoms with Crippen LogP contribution in [0.4, 0.5) is 10.1 Å². The quantitative estimate of drug-likeness (QED) is 0.409. The summed E-state index contributed by atoms with van der Waals surface area (Å²) in [4.78, 5) is 24.9. The second kappa shape index (κ2) is 8.28. The summed E-state index contributed by atoms with van der Waals surface area (Å²) in [7, 11) is 1.47. The number of anilines is 1. The maximum atomic E-state index is 13.9. The van der Waals surface area contributed by atoms with Crippen molar-refractivity contribution in [2.75, 3.05) is 12.4 Å². The van der Waals surface area contributed by atoms with Gasteiger partial charge in [-0.1, -0.05) is 35.9 Å². The predicted octanol–water partition coefficient (Wildman–Crippen LogP) is 5.57. The molecule has 3 aromatic carbocycles. The van der Waals surface area contributed by atoms with Crippen LogP contribution in [0.2, 0.25) is 5.02 Å². The Bertz CT molecular complexity index is 1300. The summed E-state index contributed by atoms with van der Waals surface area (Å²) < 4.78 is 30.3. The lowest BCUT2D eigenvalue weighted by atomic mass is 10.1. The second-order valence-electron chi connectivity index (χ2n) is 6.78. The second-order valence-corrected chi connectivity index (χ2v) is 7.19. The first kappa shape index (κ1) is 20.7. The smallest absolute Gasteiger partial charge is 0.343 e. The zero-order chi connectivity index (χ0) is 22.1. The number of nitrogens with one attached hydrogen (secondary N) is 1. The number of furan rings is 1. The number of methoxy groups -OCH3 is 1. The van der Waals surface area contributed by atoms with Gasteiger partial charge in [-0.05, 0) is 31.2 Å². The van der Waals surface area contributed by atoms with Gasteiger partial charge in [-0.3, -0.25) is 4.79 Å². The number of rotatable bonds is 5. The van der Waals surface area contributed by atoms with E-state index in [1.54, 1.807) is 12.1 Å². The Morgan fingerprint density at radius 1 is 1.06 bits per heavy atom. The van der Waals surface area contributed by atoms with Crippen LogP contribution in [0.3, 0.4) is 0 Å². The molecule has 31 heavy (non-hydrogen) atoms. The molecule has 1 amide bonds. The minimum atomic E-state index is -1.22. The summed E-state index contributed by atoms with van der Waals surface area (Å²) in [5, 5.41) is 4.30. The van der Waals surface area contributed by atoms with Crippen LogP contribution in [0.5, 0.6) is 5.75 Å². The highest BCUT2D eigenvalue weighted by Crippen LogP contribution is 2.36. The Labute approximate surface area is 181 Å². The Morgan fingerprint density at radius 3 is 2.58 bits per heavy atom. The van der Waals surface area contributed by atoms with Crippen LogP contribution in [-0.4, -0.2) is 25.1 Å². The SMILES string of the molecule is COc1cc2c(cc1NC(=O)C(C)OC(=O)c1c(F)cccc1Cl)oc1ccccc12. The third-order valence-electron chi connectivity index (χ3n) is 4.78. The minimum Gasteiger partial charge on any atom is -0.495 e. The first-order valence-electron chi connectivity index (χ1n) is 9.34. The van der Waals surface area contributed by atoms with E-state index < -0.39 is 29.4 Å². The van der Waals surface area contributed by atoms with E-state index >= 15 is 0 Å². The molecule has 1 unspecified atom stereocenters. The van der Waals surface area contributed by atoms with Gasteiger partial charge in [0.15, 0.2) is 6.10 Å². The number of fused-ring (bicyclic) bond motifs is 3. The van der Waals surface area contributed by atoms with Crippen LogP contribution in [-0.2, 0) is 9.53 Å². The molecule has 0 spiro atoms. The van der Waals surface area contributed by atoms with Crippen LogP contribution in [0.1, 0.15) is 17.3 Å². The van der Waals surface area contributed by atoms with E-state index in [4.69, 9.17) is 25.5 Å². The Morgan fingerprint density at radius 2 is 1.84 bits per heavy atom. The van der Waals surface area contributed by atoms with Crippen LogP contribution in [0.15, 0.2) is 59.0 Å². The first-order chi connectivity index (χ1) is 14.9. The third kappa shape index (κ3) is 3.92. The zero-order valence-corrected chi connectivity index (χ0v) is 17.3. The Hall–Kier alpha value is -3.58. The van der Waals surface area contributed by atoms with Gasteiger partial charge in [0.2, 0.25) is 0 Å². The van der Waals surface area contributed by atoms with E-state index in [1.165, 1.54) is 26.2 Å². The maximum Gasteiger partial charge on any atom is 0.343 e. The highest BCUT2D eigenvalue weighted by atomic mass is 35.5. The number of carbonyl (C=O) groups is 2. The molecule has 1 heterocycles. The van der Waals surface area contributed by atoms with Crippen LogP contribution in [0.25, 0.3) is 21.9 Å². The molecule has 1 aromatic heterocycles. The molecule has 0 fully saturated rings. The Balaban J connectivity index is 1.57. The molecule has 0 bridgehead atoms. The van der Waals surface area contributed by atoms with E-state index in [-0.39, 0.29) is 5.02 Å². The summed E-state index contributed by atoms with van der Waals surface area (Å²) >= 11 is 5.88. The molecule has 1 N–H and O–H groups in total. The summed E-state index contributed by atoms with van der Waals surface area (Å²) in [5.41, 5.74) is 1.17. The standard InChI is InChI=1S/C23H17ClFNO5/c1-12(30-23(28)21-15(24)7-5-8-16(21)25)22(27)26-17-11-19-14(10-20(17)29-2)13-6-3-4-9-18(13)31-19/h3-12H,1-2H3,(H,26,27). The van der Waals surface area contributed by atoms with Crippen molar-refractivity contribution in [2.45, 2.75) is 13.0 Å². The fourth-order valence-electron chi connectivity index (χ4n) is 3.22. The topological polar surface area (TPSA) is 77.8 Å². The van der Waals surface area contributed by atoms with Crippen LogP contribution in [0, 0.1) is 5.82 Å². The highest BCUT2D eigenvalue weighted by molar-refractivity contribution is 6.33. The number of benzene rings is 3. The summed E-state index contributed by atoms with van der Waals surface area (Å²) in [6.07, 6.45) is -1.22. The summed E-state index contributed by atoms with van der Waals surface area (Å²) in [6, 6.07) is 14.7. The van der Waals surface area contributed by atoms with E-state index in [2.05, 4.69) is 5.32 Å². The van der Waals surface area contributed by atoms with Gasteiger partial charge in [0, 0.05) is 16.8 Å². The van der Waals surface area contributed by atoms with Crippen molar-refractivity contribution in [3.05, 3.63) is 71.0 Å². The van der Waals surface area contributed by atoms with Crippen molar-refractivity contribution >= 4 is 51.1 Å².